The van der Waals surface area contributed by atoms with Crippen molar-refractivity contribution >= 4 is 97.8 Å². The summed E-state index contributed by atoms with van der Waals surface area (Å²) in [6.07, 6.45) is 0. The predicted octanol–water partition coefficient (Wildman–Crippen LogP) is -8.07. The Labute approximate surface area is 160 Å². The maximum atomic E-state index is 0. The fourth-order valence-electron chi connectivity index (χ4n) is 0. The van der Waals surface area contributed by atoms with Crippen LogP contribution in [-0.2, 0) is 0 Å². The molecule has 20 N–H and O–H groups in total. The van der Waals surface area contributed by atoms with Gasteiger partial charge in [0.25, 0.3) is 0 Å². The Balaban J connectivity index is 0. The maximum absolute atomic E-state index is 0. The van der Waals surface area contributed by atoms with Crippen molar-refractivity contribution in [3.63, 3.8) is 0 Å². The smallest absolute Gasteiger partial charge is 0.870 e. The van der Waals surface area contributed by atoms with Crippen LogP contribution in [0.4, 0.5) is 0 Å². The number of hydrogen-bond acceptors (Lipinski definition) is 4. The second-order valence-electron chi connectivity index (χ2n) is 0. The van der Waals surface area contributed by atoms with E-state index in [1.54, 1.807) is 0 Å². The minimum absolute atomic E-state index is 0. The quantitative estimate of drug-likeness (QED) is 0.300. The first-order chi connectivity index (χ1) is 0. The molecule has 0 atom stereocenters. The summed E-state index contributed by atoms with van der Waals surface area (Å²) in [5, 5.41) is 0. The van der Waals surface area contributed by atoms with Crippen LogP contribution in [0.5, 0.6) is 0 Å². The third-order valence-electron chi connectivity index (χ3n) is 0. The van der Waals surface area contributed by atoms with Crippen LogP contribution in [0.15, 0.2) is 0 Å². The molecule has 0 aromatic rings. The van der Waals surface area contributed by atoms with Crippen molar-refractivity contribution in [2.45, 2.75) is 0 Å². The summed E-state index contributed by atoms with van der Waals surface area (Å²) in [6, 6.07) is 0. The van der Waals surface area contributed by atoms with E-state index in [1.165, 1.54) is 0 Å². The normalized spacial score (nSPS) is 0. The van der Waals surface area contributed by atoms with Gasteiger partial charge in [0.05, 0.1) is 0 Å². The molecule has 0 saturated carbocycles. The largest absolute Gasteiger partial charge is 2.00 e. The molecule has 0 bridgehead atoms. The molecule has 0 rings (SSSR count). The molecule has 0 aliphatic rings. The van der Waals surface area contributed by atoms with Gasteiger partial charge in [-0.3, -0.25) is 0 Å². The van der Waals surface area contributed by atoms with Gasteiger partial charge >= 0.3 is 97.8 Å². The molecular formula is H20Ba2O12. The van der Waals surface area contributed by atoms with Crippen molar-refractivity contribution in [2.24, 2.45) is 0 Å². The van der Waals surface area contributed by atoms with Gasteiger partial charge in [0.2, 0.25) is 0 Å². The molecule has 0 amide bonds. The fourth-order valence-corrected chi connectivity index (χ4v) is 0. The van der Waals surface area contributed by atoms with Gasteiger partial charge in [-0.15, -0.1) is 0 Å². The summed E-state index contributed by atoms with van der Waals surface area (Å²) in [7, 11) is 0. The number of rotatable bonds is 0. The molecule has 0 aromatic carbocycles. The van der Waals surface area contributed by atoms with Crippen LogP contribution in [0.1, 0.15) is 0 Å². The molecular weight excluding hydrogens is 467 g/mol. The van der Waals surface area contributed by atoms with Gasteiger partial charge in [-0.05, 0) is 0 Å². The monoisotopic (exact) mass is 488 g/mol. The first kappa shape index (κ1) is 576. The summed E-state index contributed by atoms with van der Waals surface area (Å²) >= 11 is 0. The van der Waals surface area contributed by atoms with Crippen LogP contribution in [0.3, 0.4) is 0 Å². The van der Waals surface area contributed by atoms with Crippen molar-refractivity contribution in [1.29, 1.82) is 0 Å². The van der Waals surface area contributed by atoms with Crippen molar-refractivity contribution < 1.29 is 65.7 Å². The molecule has 0 unspecified atom stereocenters. The summed E-state index contributed by atoms with van der Waals surface area (Å²) in [4.78, 5) is 0. The second kappa shape index (κ2) is 475. The van der Waals surface area contributed by atoms with Gasteiger partial charge in [-0.25, -0.2) is 0 Å². The second-order valence-corrected chi connectivity index (χ2v) is 0. The van der Waals surface area contributed by atoms with Crippen LogP contribution in [0, 0.1) is 0 Å². The number of hydrogen-bond donors (Lipinski definition) is 0. The Morgan fingerprint density at radius 2 is 0.214 bits per heavy atom. The summed E-state index contributed by atoms with van der Waals surface area (Å²) < 4.78 is 0. The zero-order valence-electron chi connectivity index (χ0n) is 7.20. The molecule has 0 heterocycles. The predicted molar refractivity (Wildman–Crippen MR) is 48.2 cm³/mol. The third kappa shape index (κ3) is 386. The molecule has 12 nitrogen and oxygen atoms in total. The van der Waals surface area contributed by atoms with Gasteiger partial charge in [-0.1, -0.05) is 0 Å². The minimum atomic E-state index is 0. The summed E-state index contributed by atoms with van der Waals surface area (Å²) in [6.45, 7) is 0. The topological polar surface area (TPSA) is 372 Å². The van der Waals surface area contributed by atoms with Crippen molar-refractivity contribution in [2.75, 3.05) is 0 Å². The van der Waals surface area contributed by atoms with Crippen LogP contribution in [-0.4, -0.2) is 163 Å². The van der Waals surface area contributed by atoms with Crippen molar-refractivity contribution in [1.82, 2.24) is 0 Å². The van der Waals surface area contributed by atoms with E-state index < -0.39 is 0 Å². The standard InChI is InChI=1S/2Ba.12H2O/h;;12*1H2/q2*+2;;;;;;;;;;;;/p-4. The van der Waals surface area contributed by atoms with E-state index in [-0.39, 0.29) is 163 Å². The molecule has 0 aromatic heterocycles. The summed E-state index contributed by atoms with van der Waals surface area (Å²) in [5.74, 6) is 0. The molecule has 14 heteroatoms. The van der Waals surface area contributed by atoms with E-state index in [9.17, 15) is 0 Å². The molecule has 0 radical (unpaired) electrons. The van der Waals surface area contributed by atoms with E-state index in [2.05, 4.69) is 0 Å². The van der Waals surface area contributed by atoms with Crippen LogP contribution in [0.2, 0.25) is 0 Å². The third-order valence-corrected chi connectivity index (χ3v) is 0. The van der Waals surface area contributed by atoms with Crippen LogP contribution in [0.25, 0.3) is 0 Å². The molecule has 96 valence electrons. The molecule has 14 heavy (non-hydrogen) atoms. The van der Waals surface area contributed by atoms with Crippen LogP contribution >= 0.6 is 0 Å². The molecule has 0 saturated heterocycles. The Morgan fingerprint density at radius 1 is 0.214 bits per heavy atom. The molecule has 0 fully saturated rings. The van der Waals surface area contributed by atoms with Gasteiger partial charge in [0.15, 0.2) is 0 Å². The Morgan fingerprint density at radius 3 is 0.214 bits per heavy atom. The zero-order chi connectivity index (χ0) is 0. The Bertz CT molecular complexity index is 8.28. The average molecular weight is 487 g/mol. The van der Waals surface area contributed by atoms with Crippen LogP contribution < -0.4 is 0 Å². The first-order valence-corrected chi connectivity index (χ1v) is 0. The van der Waals surface area contributed by atoms with Gasteiger partial charge in [0.1, 0.15) is 0 Å². The van der Waals surface area contributed by atoms with Crippen molar-refractivity contribution in [3.8, 4) is 0 Å². The first-order valence-electron chi connectivity index (χ1n) is 0. The van der Waals surface area contributed by atoms with E-state index in [0.717, 1.165) is 0 Å². The van der Waals surface area contributed by atoms with E-state index >= 15 is 0 Å². The van der Waals surface area contributed by atoms with Gasteiger partial charge in [0, 0.05) is 0 Å². The average Bonchev–Trinajstić information content (AvgIpc) is 0. The summed E-state index contributed by atoms with van der Waals surface area (Å²) in [5.41, 5.74) is 0. The Kier molecular flexibility index (Phi) is 19600. The van der Waals surface area contributed by atoms with E-state index in [4.69, 9.17) is 0 Å². The molecule has 0 aliphatic carbocycles. The van der Waals surface area contributed by atoms with Crippen molar-refractivity contribution in [3.05, 3.63) is 0 Å². The van der Waals surface area contributed by atoms with Gasteiger partial charge in [-0.2, -0.15) is 0 Å². The SMILES string of the molecule is O.O.O.O.O.O.O.O.[Ba+2].[Ba+2].[OH-].[OH-].[OH-].[OH-]. The Hall–Kier alpha value is 2.66. The molecule has 0 aliphatic heterocycles. The maximum Gasteiger partial charge on any atom is 2.00 e. The zero-order valence-corrected chi connectivity index (χ0v) is 16.1. The van der Waals surface area contributed by atoms with E-state index in [1.807, 2.05) is 0 Å². The fraction of sp³-hybridized carbons (Fsp3) is 0. The minimum Gasteiger partial charge on any atom is -0.870 e. The van der Waals surface area contributed by atoms with Gasteiger partial charge < -0.3 is 65.7 Å². The van der Waals surface area contributed by atoms with E-state index in [0.29, 0.717) is 0 Å². The molecule has 0 spiro atoms.